The summed E-state index contributed by atoms with van der Waals surface area (Å²) in [7, 11) is 0. The maximum Gasteiger partial charge on any atom is 0.206 e. The number of quaternary nitrogens is 1. The van der Waals surface area contributed by atoms with Crippen LogP contribution in [-0.2, 0) is 17.8 Å². The van der Waals surface area contributed by atoms with Crippen LogP contribution < -0.4 is 9.80 Å². The van der Waals surface area contributed by atoms with Crippen LogP contribution in [0.5, 0.6) is 0 Å². The van der Waals surface area contributed by atoms with E-state index in [4.69, 9.17) is 4.74 Å². The van der Waals surface area contributed by atoms with Gasteiger partial charge in [-0.2, -0.15) is 0 Å². The molecule has 2 aliphatic heterocycles. The normalized spacial score (nSPS) is 21.8. The molecule has 0 radical (unpaired) electrons. The second kappa shape index (κ2) is 7.45. The van der Waals surface area contributed by atoms with Crippen molar-refractivity contribution in [3.05, 3.63) is 35.9 Å². The molecule has 134 valence electrons. The Hall–Kier alpha value is -2.06. The SMILES string of the molecule is Fc1ccccc1N1CC[NH+](Cc2nnnn2C[C@@H]2CCCO2)CC1. The number of hydrogen-bond acceptors (Lipinski definition) is 5. The third-order valence-corrected chi connectivity index (χ3v) is 5.08. The van der Waals surface area contributed by atoms with Crippen molar-refractivity contribution in [1.82, 2.24) is 20.2 Å². The standard InChI is InChI=1S/C17H23FN6O/c18-15-5-1-2-6-16(15)23-9-7-22(8-10-23)13-17-19-20-21-24(17)12-14-4-3-11-25-14/h1-2,5-6,14H,3-4,7-13H2/p+1/t14-/m0/s1. The number of hydrogen-bond donors (Lipinski definition) is 1. The molecule has 1 atom stereocenters. The van der Waals surface area contributed by atoms with Gasteiger partial charge in [0.25, 0.3) is 0 Å². The molecule has 8 heteroatoms. The lowest BCUT2D eigenvalue weighted by atomic mass is 10.2. The first-order chi connectivity index (χ1) is 12.3. The molecule has 4 rings (SSSR count). The Bertz CT molecular complexity index is 694. The second-order valence-corrected chi connectivity index (χ2v) is 6.78. The number of benzene rings is 1. The van der Waals surface area contributed by atoms with Gasteiger partial charge in [-0.15, -0.1) is 5.10 Å². The van der Waals surface area contributed by atoms with E-state index in [1.807, 2.05) is 16.8 Å². The van der Waals surface area contributed by atoms with E-state index in [0.29, 0.717) is 5.69 Å². The van der Waals surface area contributed by atoms with Crippen LogP contribution in [0.1, 0.15) is 18.7 Å². The summed E-state index contributed by atoms with van der Waals surface area (Å²) < 4.78 is 21.5. The first-order valence-corrected chi connectivity index (χ1v) is 8.99. The van der Waals surface area contributed by atoms with Crippen LogP contribution in [-0.4, -0.2) is 59.1 Å². The molecule has 7 nitrogen and oxygen atoms in total. The zero-order chi connectivity index (χ0) is 17.1. The highest BCUT2D eigenvalue weighted by molar-refractivity contribution is 5.47. The summed E-state index contributed by atoms with van der Waals surface area (Å²) in [5.41, 5.74) is 0.699. The minimum atomic E-state index is -0.147. The molecular formula is C17H24FN6O+. The summed E-state index contributed by atoms with van der Waals surface area (Å²) >= 11 is 0. The summed E-state index contributed by atoms with van der Waals surface area (Å²) in [5.74, 6) is 0.760. The Morgan fingerprint density at radius 3 is 2.84 bits per heavy atom. The van der Waals surface area contributed by atoms with Gasteiger partial charge in [0, 0.05) is 6.61 Å². The van der Waals surface area contributed by atoms with Gasteiger partial charge in [-0.3, -0.25) is 0 Å². The third kappa shape index (κ3) is 3.80. The number of anilines is 1. The van der Waals surface area contributed by atoms with E-state index >= 15 is 0 Å². The third-order valence-electron chi connectivity index (χ3n) is 5.08. The fraction of sp³-hybridized carbons (Fsp3) is 0.588. The number of aromatic nitrogens is 4. The Labute approximate surface area is 146 Å². The molecule has 0 amide bonds. The number of tetrazole rings is 1. The Balaban J connectivity index is 1.33. The molecule has 0 bridgehead atoms. The second-order valence-electron chi connectivity index (χ2n) is 6.78. The average Bonchev–Trinajstić information content (AvgIpc) is 3.29. The smallest absolute Gasteiger partial charge is 0.206 e. The average molecular weight is 347 g/mol. The Morgan fingerprint density at radius 2 is 2.08 bits per heavy atom. The van der Waals surface area contributed by atoms with E-state index in [1.165, 1.54) is 11.0 Å². The lowest BCUT2D eigenvalue weighted by Gasteiger charge is -2.33. The number of para-hydroxylation sites is 1. The first kappa shape index (κ1) is 16.4. The summed E-state index contributed by atoms with van der Waals surface area (Å²) in [6.07, 6.45) is 2.42. The van der Waals surface area contributed by atoms with Gasteiger partial charge in [0.1, 0.15) is 12.4 Å². The highest BCUT2D eigenvalue weighted by Gasteiger charge is 2.25. The molecule has 2 aromatic rings. The van der Waals surface area contributed by atoms with E-state index in [1.54, 1.807) is 6.07 Å². The van der Waals surface area contributed by atoms with Gasteiger partial charge in [0.15, 0.2) is 0 Å². The molecule has 2 aliphatic rings. The number of nitrogens with one attached hydrogen (secondary N) is 1. The van der Waals surface area contributed by atoms with Crippen LogP contribution in [0.2, 0.25) is 0 Å². The van der Waals surface area contributed by atoms with Crippen molar-refractivity contribution in [2.24, 2.45) is 0 Å². The molecule has 2 saturated heterocycles. The van der Waals surface area contributed by atoms with Crippen LogP contribution in [0.4, 0.5) is 10.1 Å². The molecule has 1 aromatic heterocycles. The number of ether oxygens (including phenoxy) is 1. The lowest BCUT2D eigenvalue weighted by molar-refractivity contribution is -0.915. The van der Waals surface area contributed by atoms with E-state index in [0.717, 1.165) is 64.5 Å². The largest absolute Gasteiger partial charge is 0.376 e. The highest BCUT2D eigenvalue weighted by Crippen LogP contribution is 2.18. The quantitative estimate of drug-likeness (QED) is 0.818. The number of piperazine rings is 1. The molecule has 25 heavy (non-hydrogen) atoms. The van der Waals surface area contributed by atoms with Crippen molar-refractivity contribution in [3.63, 3.8) is 0 Å². The molecular weight excluding hydrogens is 323 g/mol. The van der Waals surface area contributed by atoms with Crippen molar-refractivity contribution in [2.75, 3.05) is 37.7 Å². The van der Waals surface area contributed by atoms with Gasteiger partial charge in [-0.25, -0.2) is 9.07 Å². The van der Waals surface area contributed by atoms with E-state index in [-0.39, 0.29) is 11.9 Å². The van der Waals surface area contributed by atoms with Gasteiger partial charge in [-0.05, 0) is 35.4 Å². The Morgan fingerprint density at radius 1 is 1.24 bits per heavy atom. The lowest BCUT2D eigenvalue weighted by Crippen LogP contribution is -3.13. The predicted octanol–water partition coefficient (Wildman–Crippen LogP) is -0.104. The van der Waals surface area contributed by atoms with Crippen LogP contribution in [0, 0.1) is 5.82 Å². The minimum absolute atomic E-state index is 0.147. The van der Waals surface area contributed by atoms with Crippen LogP contribution >= 0.6 is 0 Å². The van der Waals surface area contributed by atoms with Gasteiger partial charge in [-0.1, -0.05) is 12.1 Å². The molecule has 0 spiro atoms. The molecule has 0 unspecified atom stereocenters. The van der Waals surface area contributed by atoms with Crippen LogP contribution in [0.3, 0.4) is 0 Å². The van der Waals surface area contributed by atoms with E-state index in [9.17, 15) is 4.39 Å². The van der Waals surface area contributed by atoms with Crippen molar-refractivity contribution >= 4 is 5.69 Å². The summed E-state index contributed by atoms with van der Waals surface area (Å²) in [6.45, 7) is 5.93. The molecule has 1 aromatic carbocycles. The van der Waals surface area contributed by atoms with Crippen molar-refractivity contribution in [3.8, 4) is 0 Å². The van der Waals surface area contributed by atoms with Gasteiger partial charge >= 0.3 is 0 Å². The van der Waals surface area contributed by atoms with E-state index in [2.05, 4.69) is 20.4 Å². The molecule has 2 fully saturated rings. The van der Waals surface area contributed by atoms with Crippen LogP contribution in [0.15, 0.2) is 24.3 Å². The number of rotatable bonds is 5. The summed E-state index contributed by atoms with van der Waals surface area (Å²) in [6, 6.07) is 6.99. The fourth-order valence-corrected chi connectivity index (χ4v) is 3.65. The van der Waals surface area contributed by atoms with Gasteiger partial charge in [0.05, 0.1) is 44.5 Å². The monoisotopic (exact) mass is 347 g/mol. The van der Waals surface area contributed by atoms with Crippen molar-refractivity contribution in [2.45, 2.75) is 32.0 Å². The maximum absolute atomic E-state index is 13.9. The highest BCUT2D eigenvalue weighted by atomic mass is 19.1. The Kier molecular flexibility index (Phi) is 4.89. The maximum atomic E-state index is 13.9. The summed E-state index contributed by atoms with van der Waals surface area (Å²) in [5, 5.41) is 12.2. The number of halogens is 1. The molecule has 1 N–H and O–H groups in total. The zero-order valence-electron chi connectivity index (χ0n) is 14.3. The van der Waals surface area contributed by atoms with Gasteiger partial charge in [0.2, 0.25) is 5.82 Å². The molecule has 3 heterocycles. The van der Waals surface area contributed by atoms with Crippen LogP contribution in [0.25, 0.3) is 0 Å². The minimum Gasteiger partial charge on any atom is -0.376 e. The number of nitrogens with zero attached hydrogens (tertiary/aromatic N) is 5. The van der Waals surface area contributed by atoms with E-state index < -0.39 is 0 Å². The molecule has 0 aliphatic carbocycles. The van der Waals surface area contributed by atoms with Gasteiger partial charge < -0.3 is 14.5 Å². The topological polar surface area (TPSA) is 60.5 Å². The fourth-order valence-electron chi connectivity index (χ4n) is 3.65. The first-order valence-electron chi connectivity index (χ1n) is 8.99. The van der Waals surface area contributed by atoms with Crippen molar-refractivity contribution < 1.29 is 14.0 Å². The predicted molar refractivity (Wildman–Crippen MR) is 89.8 cm³/mol. The van der Waals surface area contributed by atoms with Crippen molar-refractivity contribution in [1.29, 1.82) is 0 Å². The zero-order valence-corrected chi connectivity index (χ0v) is 14.3. The molecule has 0 saturated carbocycles. The summed E-state index contributed by atoms with van der Waals surface area (Å²) in [4.78, 5) is 3.55.